The minimum atomic E-state index is -0.150. The first-order valence-electron chi connectivity index (χ1n) is 6.59. The van der Waals surface area contributed by atoms with Crippen molar-refractivity contribution in [2.24, 2.45) is 11.8 Å². The second-order valence-corrected chi connectivity index (χ2v) is 5.35. The standard InChI is InChI=1S/C16H13NO2/c18-15-11-6-2-3-7-12(11)16(19)17(15)14-8-4-1-5-10-9-13(10)14/h1-8,10,13-14H,9H2/t10-,13+,14?/m0/s1. The molecule has 3 aliphatic rings. The summed E-state index contributed by atoms with van der Waals surface area (Å²) >= 11 is 0. The van der Waals surface area contributed by atoms with E-state index in [-0.39, 0.29) is 17.9 Å². The third kappa shape index (κ3) is 1.44. The van der Waals surface area contributed by atoms with Crippen LogP contribution in [0.3, 0.4) is 0 Å². The van der Waals surface area contributed by atoms with Crippen LogP contribution in [-0.2, 0) is 0 Å². The van der Waals surface area contributed by atoms with Crippen LogP contribution in [0, 0.1) is 11.8 Å². The Bertz CT molecular complexity index is 609. The van der Waals surface area contributed by atoms with Gasteiger partial charge in [-0.2, -0.15) is 0 Å². The normalized spacial score (nSPS) is 31.2. The largest absolute Gasteiger partial charge is 0.269 e. The highest BCUT2D eigenvalue weighted by Crippen LogP contribution is 2.47. The molecule has 4 rings (SSSR count). The number of carbonyl (C=O) groups excluding carboxylic acids is 2. The Labute approximate surface area is 111 Å². The number of allylic oxidation sites excluding steroid dienone is 3. The lowest BCUT2D eigenvalue weighted by Gasteiger charge is -2.23. The first-order valence-corrected chi connectivity index (χ1v) is 6.59. The van der Waals surface area contributed by atoms with Crippen LogP contribution in [0.1, 0.15) is 27.1 Å². The number of benzene rings is 1. The first-order chi connectivity index (χ1) is 9.27. The van der Waals surface area contributed by atoms with Crippen molar-refractivity contribution in [3.05, 3.63) is 59.7 Å². The van der Waals surface area contributed by atoms with E-state index in [9.17, 15) is 9.59 Å². The van der Waals surface area contributed by atoms with Crippen LogP contribution in [0.25, 0.3) is 0 Å². The maximum atomic E-state index is 12.4. The predicted octanol–water partition coefficient (Wildman–Crippen LogP) is 2.41. The van der Waals surface area contributed by atoms with E-state index in [1.54, 1.807) is 24.3 Å². The first kappa shape index (κ1) is 10.7. The second kappa shape index (κ2) is 3.67. The minimum absolute atomic E-state index is 0.0904. The van der Waals surface area contributed by atoms with Crippen molar-refractivity contribution in [3.63, 3.8) is 0 Å². The number of hydrogen-bond acceptors (Lipinski definition) is 2. The summed E-state index contributed by atoms with van der Waals surface area (Å²) in [6, 6.07) is 6.99. The third-order valence-electron chi connectivity index (χ3n) is 4.23. The summed E-state index contributed by atoms with van der Waals surface area (Å²) in [5, 5.41) is 0. The average molecular weight is 251 g/mol. The van der Waals surface area contributed by atoms with Gasteiger partial charge in [-0.3, -0.25) is 14.5 Å². The lowest BCUT2D eigenvalue weighted by atomic mass is 10.1. The topological polar surface area (TPSA) is 37.4 Å². The smallest absolute Gasteiger partial charge is 0.262 e. The van der Waals surface area contributed by atoms with E-state index < -0.39 is 0 Å². The van der Waals surface area contributed by atoms with Gasteiger partial charge in [-0.25, -0.2) is 0 Å². The van der Waals surface area contributed by atoms with Crippen molar-refractivity contribution in [2.75, 3.05) is 0 Å². The summed E-state index contributed by atoms with van der Waals surface area (Å²) in [7, 11) is 0. The number of nitrogens with zero attached hydrogens (tertiary/aromatic N) is 1. The molecule has 1 aliphatic heterocycles. The van der Waals surface area contributed by atoms with Gasteiger partial charge in [0.1, 0.15) is 0 Å². The quantitative estimate of drug-likeness (QED) is 0.719. The molecule has 0 aromatic heterocycles. The Balaban J connectivity index is 1.74. The summed E-state index contributed by atoms with van der Waals surface area (Å²) in [6.07, 6.45) is 9.18. The van der Waals surface area contributed by atoms with Crippen molar-refractivity contribution >= 4 is 11.8 Å². The summed E-state index contributed by atoms with van der Waals surface area (Å²) in [4.78, 5) is 26.3. The van der Waals surface area contributed by atoms with E-state index in [0.29, 0.717) is 23.0 Å². The Kier molecular flexibility index (Phi) is 2.07. The SMILES string of the molecule is O=C1c2ccccc2C(=O)N1C1C=CC=C[C@H]2C[C@@H]12. The second-order valence-electron chi connectivity index (χ2n) is 5.35. The maximum absolute atomic E-state index is 12.4. The van der Waals surface area contributed by atoms with Crippen LogP contribution in [0.5, 0.6) is 0 Å². The molecule has 0 N–H and O–H groups in total. The van der Waals surface area contributed by atoms with Gasteiger partial charge in [-0.15, -0.1) is 0 Å². The van der Waals surface area contributed by atoms with Crippen molar-refractivity contribution in [1.82, 2.24) is 4.90 Å². The molecule has 1 aromatic carbocycles. The molecule has 3 atom stereocenters. The van der Waals surface area contributed by atoms with Gasteiger partial charge < -0.3 is 0 Å². The van der Waals surface area contributed by atoms with Gasteiger partial charge >= 0.3 is 0 Å². The lowest BCUT2D eigenvalue weighted by Crippen LogP contribution is -2.40. The highest BCUT2D eigenvalue weighted by Gasteiger charge is 2.49. The zero-order valence-corrected chi connectivity index (χ0v) is 10.3. The minimum Gasteiger partial charge on any atom is -0.269 e. The molecule has 0 bridgehead atoms. The van der Waals surface area contributed by atoms with Gasteiger partial charge in [-0.1, -0.05) is 36.4 Å². The van der Waals surface area contributed by atoms with E-state index in [0.717, 1.165) is 6.42 Å². The molecule has 2 aliphatic carbocycles. The van der Waals surface area contributed by atoms with Gasteiger partial charge in [0.2, 0.25) is 0 Å². The molecule has 1 saturated carbocycles. The van der Waals surface area contributed by atoms with Crippen LogP contribution in [0.15, 0.2) is 48.6 Å². The lowest BCUT2D eigenvalue weighted by molar-refractivity contribution is 0.0598. The van der Waals surface area contributed by atoms with Crippen molar-refractivity contribution in [1.29, 1.82) is 0 Å². The zero-order valence-electron chi connectivity index (χ0n) is 10.3. The molecule has 1 aromatic rings. The van der Waals surface area contributed by atoms with Gasteiger partial charge in [0.25, 0.3) is 11.8 Å². The Morgan fingerprint density at radius 1 is 0.947 bits per heavy atom. The van der Waals surface area contributed by atoms with Crippen LogP contribution in [-0.4, -0.2) is 22.8 Å². The molecule has 1 heterocycles. The van der Waals surface area contributed by atoms with Gasteiger partial charge in [-0.05, 0) is 30.4 Å². The van der Waals surface area contributed by atoms with Crippen LogP contribution >= 0.6 is 0 Å². The van der Waals surface area contributed by atoms with Gasteiger partial charge in [0.05, 0.1) is 17.2 Å². The van der Waals surface area contributed by atoms with E-state index in [1.165, 1.54) is 4.90 Å². The van der Waals surface area contributed by atoms with Crippen molar-refractivity contribution in [2.45, 2.75) is 12.5 Å². The number of imide groups is 1. The molecule has 0 radical (unpaired) electrons. The Morgan fingerprint density at radius 2 is 1.58 bits per heavy atom. The van der Waals surface area contributed by atoms with Crippen LogP contribution < -0.4 is 0 Å². The molecule has 0 spiro atoms. The number of carbonyl (C=O) groups is 2. The highest BCUT2D eigenvalue weighted by atomic mass is 16.2. The molecule has 19 heavy (non-hydrogen) atoms. The molecule has 3 heteroatoms. The molecule has 94 valence electrons. The van der Waals surface area contributed by atoms with Crippen LogP contribution in [0.2, 0.25) is 0 Å². The monoisotopic (exact) mass is 251 g/mol. The molecular weight excluding hydrogens is 238 g/mol. The van der Waals surface area contributed by atoms with Crippen molar-refractivity contribution < 1.29 is 9.59 Å². The maximum Gasteiger partial charge on any atom is 0.262 e. The fourth-order valence-corrected chi connectivity index (χ4v) is 3.13. The molecular formula is C16H13NO2. The molecule has 1 fully saturated rings. The van der Waals surface area contributed by atoms with Crippen molar-refractivity contribution in [3.8, 4) is 0 Å². The molecule has 0 saturated heterocycles. The Hall–Kier alpha value is -2.16. The average Bonchev–Trinajstić information content (AvgIpc) is 3.16. The third-order valence-corrected chi connectivity index (χ3v) is 4.23. The molecule has 1 unspecified atom stereocenters. The summed E-state index contributed by atoms with van der Waals surface area (Å²) in [6.45, 7) is 0. The summed E-state index contributed by atoms with van der Waals surface area (Å²) in [5.74, 6) is 0.618. The number of amides is 2. The number of fused-ring (bicyclic) bond motifs is 2. The zero-order chi connectivity index (χ0) is 13.0. The van der Waals surface area contributed by atoms with E-state index >= 15 is 0 Å². The Morgan fingerprint density at radius 3 is 2.26 bits per heavy atom. The fourth-order valence-electron chi connectivity index (χ4n) is 3.13. The molecule has 3 nitrogen and oxygen atoms in total. The number of hydrogen-bond donors (Lipinski definition) is 0. The van der Waals surface area contributed by atoms with E-state index in [4.69, 9.17) is 0 Å². The predicted molar refractivity (Wildman–Crippen MR) is 70.6 cm³/mol. The molecule has 2 amide bonds. The van der Waals surface area contributed by atoms with Gasteiger partial charge in [0.15, 0.2) is 0 Å². The van der Waals surface area contributed by atoms with E-state index in [2.05, 4.69) is 6.08 Å². The highest BCUT2D eigenvalue weighted by molar-refractivity contribution is 6.21. The van der Waals surface area contributed by atoms with Crippen LogP contribution in [0.4, 0.5) is 0 Å². The summed E-state index contributed by atoms with van der Waals surface area (Å²) in [5.41, 5.74) is 1.07. The number of rotatable bonds is 1. The van der Waals surface area contributed by atoms with E-state index in [1.807, 2.05) is 18.2 Å². The summed E-state index contributed by atoms with van der Waals surface area (Å²) < 4.78 is 0. The fraction of sp³-hybridized carbons (Fsp3) is 0.250. The van der Waals surface area contributed by atoms with Gasteiger partial charge in [0, 0.05) is 0 Å².